The molecule has 0 heteroatoms. The fourth-order valence-electron chi connectivity index (χ4n) is 8.03. The molecule has 0 saturated carbocycles. The van der Waals surface area contributed by atoms with Gasteiger partial charge < -0.3 is 0 Å². The predicted molar refractivity (Wildman–Crippen MR) is 222 cm³/mol. The minimum atomic E-state index is -0.0568. The SMILES string of the molecule is CC(C)(C)c1ccc2c(-c3c(C(C)(C)C)ccc4ccccc34)c3cc(C(C)(C)C)ccc3c(-c3c(C(C)(C)C)ccc4ccccc34)c2c1. The van der Waals surface area contributed by atoms with Crippen LogP contribution in [-0.4, -0.2) is 0 Å². The molecule has 7 rings (SSSR count). The Hall–Kier alpha value is -4.42. The van der Waals surface area contributed by atoms with E-state index in [2.05, 4.69) is 192 Å². The fourth-order valence-corrected chi connectivity index (χ4v) is 8.03. The van der Waals surface area contributed by atoms with Crippen molar-refractivity contribution in [3.63, 3.8) is 0 Å². The van der Waals surface area contributed by atoms with Crippen LogP contribution in [0.15, 0.2) is 109 Å². The Labute approximate surface area is 300 Å². The molecular weight excluding hydrogens is 601 g/mol. The summed E-state index contributed by atoms with van der Waals surface area (Å²) in [5, 5.41) is 10.5. The second-order valence-corrected chi connectivity index (χ2v) is 18.7. The van der Waals surface area contributed by atoms with Crippen molar-refractivity contribution in [3.05, 3.63) is 131 Å². The topological polar surface area (TPSA) is 0 Å². The van der Waals surface area contributed by atoms with E-state index in [0.29, 0.717) is 0 Å². The van der Waals surface area contributed by atoms with E-state index < -0.39 is 0 Å². The Balaban J connectivity index is 1.83. The van der Waals surface area contributed by atoms with E-state index in [9.17, 15) is 0 Å². The molecular formula is C50H54. The van der Waals surface area contributed by atoms with Crippen LogP contribution >= 0.6 is 0 Å². The van der Waals surface area contributed by atoms with E-state index in [4.69, 9.17) is 0 Å². The summed E-state index contributed by atoms with van der Waals surface area (Å²) in [7, 11) is 0. The van der Waals surface area contributed by atoms with Gasteiger partial charge in [-0.3, -0.25) is 0 Å². The van der Waals surface area contributed by atoms with Crippen molar-refractivity contribution < 1.29 is 0 Å². The summed E-state index contributed by atoms with van der Waals surface area (Å²) >= 11 is 0. The molecule has 0 fully saturated rings. The molecule has 7 aromatic carbocycles. The summed E-state index contributed by atoms with van der Waals surface area (Å²) in [6.45, 7) is 28.2. The summed E-state index contributed by atoms with van der Waals surface area (Å²) in [5.74, 6) is 0. The lowest BCUT2D eigenvalue weighted by atomic mass is 9.73. The molecule has 0 aromatic heterocycles. The molecule has 7 aromatic rings. The second kappa shape index (κ2) is 11.6. The lowest BCUT2D eigenvalue weighted by molar-refractivity contribution is 0.590. The van der Waals surface area contributed by atoms with Crippen molar-refractivity contribution in [3.8, 4) is 22.3 Å². The maximum Gasteiger partial charge on any atom is -0.00170 e. The molecule has 0 radical (unpaired) electrons. The number of hydrogen-bond acceptors (Lipinski definition) is 0. The molecule has 0 spiro atoms. The van der Waals surface area contributed by atoms with Crippen LogP contribution in [0.5, 0.6) is 0 Å². The van der Waals surface area contributed by atoms with Crippen molar-refractivity contribution in [1.29, 1.82) is 0 Å². The highest BCUT2D eigenvalue weighted by molar-refractivity contribution is 6.26. The molecule has 0 atom stereocenters. The van der Waals surface area contributed by atoms with Gasteiger partial charge in [0.1, 0.15) is 0 Å². The molecule has 254 valence electrons. The van der Waals surface area contributed by atoms with Crippen LogP contribution in [0.3, 0.4) is 0 Å². The van der Waals surface area contributed by atoms with Crippen molar-refractivity contribution in [2.24, 2.45) is 0 Å². The zero-order valence-electron chi connectivity index (χ0n) is 32.4. The number of benzene rings is 7. The average molecular weight is 655 g/mol. The molecule has 50 heavy (non-hydrogen) atoms. The van der Waals surface area contributed by atoms with Gasteiger partial charge in [0, 0.05) is 0 Å². The van der Waals surface area contributed by atoms with Crippen LogP contribution in [0.2, 0.25) is 0 Å². The van der Waals surface area contributed by atoms with E-state index in [1.54, 1.807) is 0 Å². The van der Waals surface area contributed by atoms with Gasteiger partial charge in [0.25, 0.3) is 0 Å². The van der Waals surface area contributed by atoms with Crippen LogP contribution in [-0.2, 0) is 21.7 Å². The first-order chi connectivity index (χ1) is 23.4. The van der Waals surface area contributed by atoms with Gasteiger partial charge in [-0.15, -0.1) is 0 Å². The third kappa shape index (κ3) is 5.72. The van der Waals surface area contributed by atoms with Gasteiger partial charge >= 0.3 is 0 Å². The normalized spacial score (nSPS) is 13.2. The highest BCUT2D eigenvalue weighted by atomic mass is 14.3. The van der Waals surface area contributed by atoms with E-state index in [1.807, 2.05) is 0 Å². The average Bonchev–Trinajstić information content (AvgIpc) is 3.04. The Morgan fingerprint density at radius 2 is 0.640 bits per heavy atom. The summed E-state index contributed by atoms with van der Waals surface area (Å²) in [6, 6.07) is 42.2. The van der Waals surface area contributed by atoms with Crippen LogP contribution in [0.1, 0.15) is 105 Å². The van der Waals surface area contributed by atoms with Crippen LogP contribution in [0.25, 0.3) is 65.3 Å². The lowest BCUT2D eigenvalue weighted by Gasteiger charge is -2.30. The van der Waals surface area contributed by atoms with Gasteiger partial charge in [0.05, 0.1) is 0 Å². The summed E-state index contributed by atoms with van der Waals surface area (Å²) in [4.78, 5) is 0. The number of rotatable bonds is 2. The quantitative estimate of drug-likeness (QED) is 0.163. The van der Waals surface area contributed by atoms with E-state index in [1.165, 1.54) is 87.6 Å². The fraction of sp³-hybridized carbons (Fsp3) is 0.320. The van der Waals surface area contributed by atoms with Crippen molar-refractivity contribution >= 4 is 43.1 Å². The van der Waals surface area contributed by atoms with Crippen molar-refractivity contribution in [2.75, 3.05) is 0 Å². The lowest BCUT2D eigenvalue weighted by Crippen LogP contribution is -2.15. The van der Waals surface area contributed by atoms with Gasteiger partial charge in [-0.2, -0.15) is 0 Å². The second-order valence-electron chi connectivity index (χ2n) is 18.7. The minimum absolute atomic E-state index is 0.00169. The van der Waals surface area contributed by atoms with Crippen molar-refractivity contribution in [1.82, 2.24) is 0 Å². The Morgan fingerprint density at radius 3 is 0.980 bits per heavy atom. The monoisotopic (exact) mass is 654 g/mol. The van der Waals surface area contributed by atoms with Crippen LogP contribution in [0.4, 0.5) is 0 Å². The Bertz CT molecular complexity index is 2270. The largest absolute Gasteiger partial charge is 0.0616 e. The first kappa shape index (κ1) is 34.0. The molecule has 0 aliphatic carbocycles. The summed E-state index contributed by atoms with van der Waals surface area (Å²) < 4.78 is 0. The number of hydrogen-bond donors (Lipinski definition) is 0. The molecule has 0 amide bonds. The van der Waals surface area contributed by atoms with E-state index >= 15 is 0 Å². The van der Waals surface area contributed by atoms with E-state index in [0.717, 1.165) is 0 Å². The molecule has 0 aliphatic heterocycles. The summed E-state index contributed by atoms with van der Waals surface area (Å²) in [6.07, 6.45) is 0. The van der Waals surface area contributed by atoms with Gasteiger partial charge in [-0.1, -0.05) is 180 Å². The summed E-state index contributed by atoms with van der Waals surface area (Å²) in [5.41, 5.74) is 10.8. The van der Waals surface area contributed by atoms with Crippen LogP contribution < -0.4 is 0 Å². The third-order valence-electron chi connectivity index (χ3n) is 10.8. The van der Waals surface area contributed by atoms with Crippen molar-refractivity contribution in [2.45, 2.75) is 105 Å². The highest BCUT2D eigenvalue weighted by Gasteiger charge is 2.29. The molecule has 0 heterocycles. The van der Waals surface area contributed by atoms with Gasteiger partial charge in [-0.05, 0) is 121 Å². The highest BCUT2D eigenvalue weighted by Crippen LogP contribution is 2.52. The third-order valence-corrected chi connectivity index (χ3v) is 10.8. The van der Waals surface area contributed by atoms with Gasteiger partial charge in [0.15, 0.2) is 0 Å². The Morgan fingerprint density at radius 1 is 0.280 bits per heavy atom. The number of fused-ring (bicyclic) bond motifs is 4. The maximum absolute atomic E-state index is 2.53. The van der Waals surface area contributed by atoms with Gasteiger partial charge in [-0.25, -0.2) is 0 Å². The molecule has 0 N–H and O–H groups in total. The molecule has 0 unspecified atom stereocenters. The Kier molecular flexibility index (Phi) is 7.87. The zero-order valence-corrected chi connectivity index (χ0v) is 32.4. The van der Waals surface area contributed by atoms with Crippen LogP contribution in [0, 0.1) is 0 Å². The smallest absolute Gasteiger partial charge is 0.00170 e. The molecule has 0 nitrogen and oxygen atoms in total. The first-order valence-electron chi connectivity index (χ1n) is 18.5. The molecule has 0 aliphatic rings. The molecule has 0 bridgehead atoms. The predicted octanol–water partition coefficient (Wildman–Crippen LogP) is 14.8. The first-order valence-corrected chi connectivity index (χ1v) is 18.5. The van der Waals surface area contributed by atoms with E-state index in [-0.39, 0.29) is 21.7 Å². The maximum atomic E-state index is 2.53. The molecule has 0 saturated heterocycles. The zero-order chi connectivity index (χ0) is 36.0. The standard InChI is InChI=1S/C50H54/c1-47(2,3)33-23-25-37-39(29-33)43(45-35-19-15-13-17-31(35)21-27-41(45)49(7,8)9)38-26-24-34(48(4,5)6)30-40(38)44(37)46-36-20-16-14-18-32(36)22-28-42(46)50(10,11)12/h13-30H,1-12H3. The minimum Gasteiger partial charge on any atom is -0.0616 e. The van der Waals surface area contributed by atoms with Gasteiger partial charge in [0.2, 0.25) is 0 Å².